The van der Waals surface area contributed by atoms with Crippen molar-refractivity contribution in [3.63, 3.8) is 0 Å². The van der Waals surface area contributed by atoms with Gasteiger partial charge in [0.1, 0.15) is 17.4 Å². The number of nitrogens with one attached hydrogen (secondary N) is 1. The van der Waals surface area contributed by atoms with Crippen molar-refractivity contribution < 1.29 is 9.13 Å². The third kappa shape index (κ3) is 3.44. The Morgan fingerprint density at radius 1 is 1.14 bits per heavy atom. The van der Waals surface area contributed by atoms with Crippen molar-refractivity contribution >= 4 is 33.1 Å². The van der Waals surface area contributed by atoms with Crippen molar-refractivity contribution in [1.82, 2.24) is 15.0 Å². The van der Waals surface area contributed by atoms with Crippen LogP contribution in [0.5, 0.6) is 11.8 Å². The molecule has 3 atom stereocenters. The van der Waals surface area contributed by atoms with Crippen molar-refractivity contribution in [3.8, 4) is 22.9 Å². The van der Waals surface area contributed by atoms with E-state index in [1.165, 1.54) is 0 Å². The lowest BCUT2D eigenvalue weighted by atomic mass is 9.98. The highest BCUT2D eigenvalue weighted by molar-refractivity contribution is 7.18. The fourth-order valence-corrected chi connectivity index (χ4v) is 7.07. The molecule has 2 aromatic carbocycles. The van der Waals surface area contributed by atoms with Crippen LogP contribution in [-0.2, 0) is 6.42 Å². The van der Waals surface area contributed by atoms with E-state index in [0.717, 1.165) is 75.0 Å². The van der Waals surface area contributed by atoms with E-state index in [-0.39, 0.29) is 11.9 Å². The SMILES string of the molecule is CNc1cc(F)cc2c1Cc1nc(Oc3ccc4sc(C)nc4c3)nc(N3C[C@H]4CC[C@@H](N)[C@H]4C3)c1-2. The van der Waals surface area contributed by atoms with E-state index in [4.69, 9.17) is 20.4 Å². The molecule has 184 valence electrons. The molecule has 3 aliphatic rings. The molecule has 1 aliphatic heterocycles. The van der Waals surface area contributed by atoms with Crippen molar-refractivity contribution in [2.75, 3.05) is 30.4 Å². The van der Waals surface area contributed by atoms with Gasteiger partial charge in [-0.05, 0) is 67.0 Å². The molecule has 3 N–H and O–H groups in total. The Labute approximate surface area is 212 Å². The van der Waals surface area contributed by atoms with Gasteiger partial charge in [-0.25, -0.2) is 9.37 Å². The minimum atomic E-state index is -0.274. The number of nitrogens with two attached hydrogens (primary N) is 1. The number of hydrogen-bond donors (Lipinski definition) is 2. The monoisotopic (exact) mass is 502 g/mol. The highest BCUT2D eigenvalue weighted by atomic mass is 32.1. The van der Waals surface area contributed by atoms with E-state index in [0.29, 0.717) is 30.0 Å². The van der Waals surface area contributed by atoms with Crippen LogP contribution in [0.3, 0.4) is 0 Å². The Morgan fingerprint density at radius 2 is 2.03 bits per heavy atom. The summed E-state index contributed by atoms with van der Waals surface area (Å²) in [6, 6.07) is 9.55. The van der Waals surface area contributed by atoms with Crippen molar-refractivity contribution in [2.24, 2.45) is 17.6 Å². The van der Waals surface area contributed by atoms with E-state index in [1.54, 1.807) is 23.5 Å². The van der Waals surface area contributed by atoms with Gasteiger partial charge in [0.05, 0.1) is 20.9 Å². The number of halogens is 1. The Kier molecular flexibility index (Phi) is 4.94. The van der Waals surface area contributed by atoms with Crippen LogP contribution in [0.4, 0.5) is 15.9 Å². The number of benzene rings is 2. The summed E-state index contributed by atoms with van der Waals surface area (Å²) >= 11 is 1.66. The molecular formula is C27H27FN6OS. The minimum absolute atomic E-state index is 0.222. The quantitative estimate of drug-likeness (QED) is 0.353. The average molecular weight is 503 g/mol. The first-order valence-corrected chi connectivity index (χ1v) is 13.3. The lowest BCUT2D eigenvalue weighted by molar-refractivity contribution is 0.440. The number of aryl methyl sites for hydroxylation is 1. The summed E-state index contributed by atoms with van der Waals surface area (Å²) in [7, 11) is 1.82. The van der Waals surface area contributed by atoms with Gasteiger partial charge in [-0.1, -0.05) is 0 Å². The zero-order valence-corrected chi connectivity index (χ0v) is 21.0. The fraction of sp³-hybridized carbons (Fsp3) is 0.370. The van der Waals surface area contributed by atoms with Crippen molar-refractivity contribution in [2.45, 2.75) is 32.2 Å². The maximum absolute atomic E-state index is 14.6. The van der Waals surface area contributed by atoms with Crippen LogP contribution in [0, 0.1) is 24.6 Å². The van der Waals surface area contributed by atoms with Gasteiger partial charge in [-0.2, -0.15) is 9.97 Å². The zero-order valence-electron chi connectivity index (χ0n) is 20.2. The van der Waals surface area contributed by atoms with Crippen LogP contribution in [0.25, 0.3) is 21.3 Å². The molecule has 7 nitrogen and oxygen atoms in total. The molecule has 7 rings (SSSR count). The fourth-order valence-electron chi connectivity index (χ4n) is 6.26. The van der Waals surface area contributed by atoms with Gasteiger partial charge < -0.3 is 20.7 Å². The van der Waals surface area contributed by atoms with Crippen LogP contribution in [-0.4, -0.2) is 41.1 Å². The summed E-state index contributed by atoms with van der Waals surface area (Å²) in [5.74, 6) is 2.21. The van der Waals surface area contributed by atoms with Crippen LogP contribution < -0.4 is 20.7 Å². The van der Waals surface area contributed by atoms with E-state index in [9.17, 15) is 4.39 Å². The first-order valence-electron chi connectivity index (χ1n) is 12.4. The molecule has 0 spiro atoms. The predicted molar refractivity (Wildman–Crippen MR) is 141 cm³/mol. The summed E-state index contributed by atoms with van der Waals surface area (Å²) < 4.78 is 21.9. The molecule has 2 aliphatic carbocycles. The van der Waals surface area contributed by atoms with Gasteiger partial charge in [0.25, 0.3) is 0 Å². The first kappa shape index (κ1) is 21.9. The highest BCUT2D eigenvalue weighted by Gasteiger charge is 2.43. The number of thiazole rings is 1. The molecule has 4 aromatic rings. The van der Waals surface area contributed by atoms with Gasteiger partial charge in [0, 0.05) is 49.9 Å². The maximum atomic E-state index is 14.6. The van der Waals surface area contributed by atoms with Crippen molar-refractivity contribution in [1.29, 1.82) is 0 Å². The molecule has 9 heteroatoms. The van der Waals surface area contributed by atoms with Crippen LogP contribution in [0.15, 0.2) is 30.3 Å². The van der Waals surface area contributed by atoms with Crippen LogP contribution >= 0.6 is 11.3 Å². The molecule has 3 heterocycles. The summed E-state index contributed by atoms with van der Waals surface area (Å²) in [6.07, 6.45) is 2.82. The van der Waals surface area contributed by atoms with E-state index in [1.807, 2.05) is 32.2 Å². The number of fused-ring (bicyclic) bond motifs is 5. The van der Waals surface area contributed by atoms with Crippen molar-refractivity contribution in [3.05, 3.63) is 52.4 Å². The first-order chi connectivity index (χ1) is 17.5. The Bertz CT molecular complexity index is 1520. The molecular weight excluding hydrogens is 475 g/mol. The molecule has 2 fully saturated rings. The second-order valence-corrected chi connectivity index (χ2v) is 11.3. The normalized spacial score (nSPS) is 22.1. The van der Waals surface area contributed by atoms with Gasteiger partial charge in [0.15, 0.2) is 0 Å². The summed E-state index contributed by atoms with van der Waals surface area (Å²) in [6.45, 7) is 3.75. The lowest BCUT2D eigenvalue weighted by Gasteiger charge is -2.23. The summed E-state index contributed by atoms with van der Waals surface area (Å²) in [5, 5.41) is 4.16. The smallest absolute Gasteiger partial charge is 0.324 e. The second kappa shape index (κ2) is 8.11. The molecule has 0 amide bonds. The largest absolute Gasteiger partial charge is 0.424 e. The summed E-state index contributed by atoms with van der Waals surface area (Å²) in [5.41, 5.74) is 11.8. The number of hydrogen-bond acceptors (Lipinski definition) is 8. The predicted octanol–water partition coefficient (Wildman–Crippen LogP) is 5.11. The molecule has 2 aromatic heterocycles. The average Bonchev–Trinajstić information content (AvgIpc) is 3.60. The number of aromatic nitrogens is 3. The maximum Gasteiger partial charge on any atom is 0.324 e. The molecule has 0 radical (unpaired) electrons. The molecule has 36 heavy (non-hydrogen) atoms. The molecule has 1 saturated carbocycles. The zero-order chi connectivity index (χ0) is 24.6. The van der Waals surface area contributed by atoms with E-state index in [2.05, 4.69) is 15.2 Å². The third-order valence-electron chi connectivity index (χ3n) is 7.93. The Morgan fingerprint density at radius 3 is 2.86 bits per heavy atom. The van der Waals surface area contributed by atoms with Gasteiger partial charge in [0.2, 0.25) is 0 Å². The standard InChI is InChI=1S/C27H27FN6OS/c1-13-31-22-9-16(4-6-24(22)36-13)35-27-32-23-10-17-18(7-15(28)8-21(17)30-2)25(23)26(33-27)34-11-14-3-5-20(29)19(14)12-34/h4,6-9,14,19-20,30H,3,5,10-12,29H2,1-2H3/t14-,19+,20-/m1/s1. The number of ether oxygens (including phenoxy) is 1. The summed E-state index contributed by atoms with van der Waals surface area (Å²) in [4.78, 5) is 16.7. The van der Waals surface area contributed by atoms with Crippen LogP contribution in [0.2, 0.25) is 0 Å². The van der Waals surface area contributed by atoms with Gasteiger partial charge >= 0.3 is 6.01 Å². The highest BCUT2D eigenvalue weighted by Crippen LogP contribution is 2.48. The van der Waals surface area contributed by atoms with Gasteiger partial charge in [-0.15, -0.1) is 11.3 Å². The van der Waals surface area contributed by atoms with Gasteiger partial charge in [-0.3, -0.25) is 0 Å². The lowest BCUT2D eigenvalue weighted by Crippen LogP contribution is -2.30. The Balaban J connectivity index is 1.33. The number of nitrogens with zero attached hydrogens (tertiary/aromatic N) is 4. The van der Waals surface area contributed by atoms with E-state index >= 15 is 0 Å². The van der Waals surface area contributed by atoms with Crippen LogP contribution in [0.1, 0.15) is 29.1 Å². The molecule has 1 saturated heterocycles. The third-order valence-corrected chi connectivity index (χ3v) is 8.88. The Hall–Kier alpha value is -3.30. The van der Waals surface area contributed by atoms with E-state index < -0.39 is 0 Å². The second-order valence-electron chi connectivity index (χ2n) is 10.1. The number of rotatable bonds is 4. The number of anilines is 2. The molecule has 0 unspecified atom stereocenters. The minimum Gasteiger partial charge on any atom is -0.424 e. The molecule has 0 bridgehead atoms. The topological polar surface area (TPSA) is 89.2 Å².